The molecule has 2 N–H and O–H groups in total. The molecule has 6 heteroatoms. The molecule has 0 fully saturated rings. The van der Waals surface area contributed by atoms with Crippen molar-refractivity contribution in [2.45, 2.75) is 13.5 Å². The van der Waals surface area contributed by atoms with Crippen molar-refractivity contribution in [3.63, 3.8) is 0 Å². The van der Waals surface area contributed by atoms with E-state index in [2.05, 4.69) is 4.98 Å². The number of pyridine rings is 1. The average Bonchev–Trinajstić information content (AvgIpc) is 2.42. The summed E-state index contributed by atoms with van der Waals surface area (Å²) in [5, 5.41) is 0.335. The minimum absolute atomic E-state index is 0.121. The summed E-state index contributed by atoms with van der Waals surface area (Å²) in [4.78, 5) is 15.9. The third-order valence-corrected chi connectivity index (χ3v) is 3.06. The van der Waals surface area contributed by atoms with Crippen molar-refractivity contribution in [2.24, 2.45) is 0 Å². The molecular formula is C14H12ClFN2O2. The Morgan fingerprint density at radius 1 is 1.45 bits per heavy atom. The predicted octanol–water partition coefficient (Wildman–Crippen LogP) is 3.12. The topological polar surface area (TPSA) is 65.2 Å². The largest absolute Gasteiger partial charge is 0.457 e. The number of ether oxygens (including phenoxy) is 1. The normalized spacial score (nSPS) is 10.3. The van der Waals surface area contributed by atoms with E-state index in [4.69, 9.17) is 22.1 Å². The average molecular weight is 295 g/mol. The minimum atomic E-state index is -0.581. The molecule has 0 bridgehead atoms. The molecule has 0 saturated heterocycles. The van der Waals surface area contributed by atoms with Crippen LogP contribution in [-0.2, 0) is 11.3 Å². The van der Waals surface area contributed by atoms with E-state index in [1.165, 1.54) is 30.5 Å². The standard InChI is InChI=1S/C14H12ClFN2O2/c1-8-12(5-11(17)6-18-8)14(19)20-7-9-4-10(16)2-3-13(9)15/h2-6H,7,17H2,1H3. The lowest BCUT2D eigenvalue weighted by Crippen LogP contribution is -2.09. The Balaban J connectivity index is 2.12. The Labute approximate surface area is 120 Å². The van der Waals surface area contributed by atoms with Gasteiger partial charge in [0.15, 0.2) is 0 Å². The van der Waals surface area contributed by atoms with Gasteiger partial charge >= 0.3 is 5.97 Å². The van der Waals surface area contributed by atoms with Gasteiger partial charge < -0.3 is 10.5 Å². The van der Waals surface area contributed by atoms with Crippen LogP contribution in [0.4, 0.5) is 10.1 Å². The van der Waals surface area contributed by atoms with Gasteiger partial charge in [-0.15, -0.1) is 0 Å². The molecule has 4 nitrogen and oxygen atoms in total. The van der Waals surface area contributed by atoms with Crippen molar-refractivity contribution in [3.8, 4) is 0 Å². The number of nitrogens with two attached hydrogens (primary N) is 1. The summed E-state index contributed by atoms with van der Waals surface area (Å²) in [6.07, 6.45) is 1.45. The molecule has 0 radical (unpaired) electrons. The number of aromatic nitrogens is 1. The number of benzene rings is 1. The number of nitrogen functional groups attached to an aromatic ring is 1. The molecule has 0 unspecified atom stereocenters. The zero-order valence-corrected chi connectivity index (χ0v) is 11.4. The molecule has 0 aliphatic carbocycles. The number of nitrogens with zero attached hydrogens (tertiary/aromatic N) is 1. The number of halogens is 2. The van der Waals surface area contributed by atoms with E-state index in [1.807, 2.05) is 0 Å². The van der Waals surface area contributed by atoms with Crippen LogP contribution < -0.4 is 5.73 Å². The molecule has 104 valence electrons. The van der Waals surface area contributed by atoms with Gasteiger partial charge in [-0.1, -0.05) is 11.6 Å². The fourth-order valence-electron chi connectivity index (χ4n) is 1.63. The van der Waals surface area contributed by atoms with Gasteiger partial charge in [-0.25, -0.2) is 9.18 Å². The smallest absolute Gasteiger partial charge is 0.340 e. The molecule has 0 spiro atoms. The predicted molar refractivity (Wildman–Crippen MR) is 73.9 cm³/mol. The number of anilines is 1. The summed E-state index contributed by atoms with van der Waals surface area (Å²) in [5.41, 5.74) is 7.12. The highest BCUT2D eigenvalue weighted by Crippen LogP contribution is 2.19. The molecule has 20 heavy (non-hydrogen) atoms. The van der Waals surface area contributed by atoms with Crippen molar-refractivity contribution in [1.29, 1.82) is 0 Å². The first-order valence-electron chi connectivity index (χ1n) is 5.80. The molecule has 1 heterocycles. The summed E-state index contributed by atoms with van der Waals surface area (Å²) in [6, 6.07) is 5.35. The van der Waals surface area contributed by atoms with Crippen LogP contribution in [0.25, 0.3) is 0 Å². The van der Waals surface area contributed by atoms with Gasteiger partial charge in [-0.05, 0) is 31.2 Å². The van der Waals surface area contributed by atoms with E-state index in [1.54, 1.807) is 6.92 Å². The van der Waals surface area contributed by atoms with Crippen LogP contribution in [0.2, 0.25) is 5.02 Å². The number of esters is 1. The Kier molecular flexibility index (Phi) is 4.20. The zero-order valence-electron chi connectivity index (χ0n) is 10.7. The zero-order chi connectivity index (χ0) is 14.7. The number of hydrogen-bond donors (Lipinski definition) is 1. The van der Waals surface area contributed by atoms with Crippen molar-refractivity contribution < 1.29 is 13.9 Å². The molecule has 0 amide bonds. The minimum Gasteiger partial charge on any atom is -0.457 e. The number of carbonyl (C=O) groups is 1. The van der Waals surface area contributed by atoms with Crippen LogP contribution in [0.15, 0.2) is 30.5 Å². The third kappa shape index (κ3) is 3.24. The van der Waals surface area contributed by atoms with Crippen LogP contribution in [0.1, 0.15) is 21.6 Å². The molecule has 1 aromatic carbocycles. The molecule has 2 aromatic rings. The lowest BCUT2D eigenvalue weighted by molar-refractivity contribution is 0.0471. The lowest BCUT2D eigenvalue weighted by Gasteiger charge is -2.08. The molecule has 0 saturated carbocycles. The first-order chi connectivity index (χ1) is 9.47. The van der Waals surface area contributed by atoms with Gasteiger partial charge in [0.05, 0.1) is 23.1 Å². The lowest BCUT2D eigenvalue weighted by atomic mass is 10.2. The molecule has 2 rings (SSSR count). The van der Waals surface area contributed by atoms with Gasteiger partial charge in [0, 0.05) is 10.6 Å². The van der Waals surface area contributed by atoms with Crippen LogP contribution >= 0.6 is 11.6 Å². The van der Waals surface area contributed by atoms with Crippen molar-refractivity contribution in [1.82, 2.24) is 4.98 Å². The molecule has 1 aromatic heterocycles. The quantitative estimate of drug-likeness (QED) is 0.883. The Hall–Kier alpha value is -2.14. The van der Waals surface area contributed by atoms with Crippen LogP contribution in [-0.4, -0.2) is 11.0 Å². The summed E-state index contributed by atoms with van der Waals surface area (Å²) >= 11 is 5.89. The highest BCUT2D eigenvalue weighted by Gasteiger charge is 2.13. The summed E-state index contributed by atoms with van der Waals surface area (Å²) in [5.74, 6) is -1.02. The third-order valence-electron chi connectivity index (χ3n) is 2.69. The Morgan fingerprint density at radius 3 is 2.95 bits per heavy atom. The second kappa shape index (κ2) is 5.88. The SMILES string of the molecule is Cc1ncc(N)cc1C(=O)OCc1cc(F)ccc1Cl. The van der Waals surface area contributed by atoms with E-state index in [0.29, 0.717) is 22.0 Å². The van der Waals surface area contributed by atoms with Gasteiger partial charge in [-0.2, -0.15) is 0 Å². The van der Waals surface area contributed by atoms with Crippen LogP contribution in [0.5, 0.6) is 0 Å². The second-order valence-electron chi connectivity index (χ2n) is 4.21. The van der Waals surface area contributed by atoms with Crippen molar-refractivity contribution in [3.05, 3.63) is 58.1 Å². The highest BCUT2D eigenvalue weighted by molar-refractivity contribution is 6.31. The van der Waals surface area contributed by atoms with E-state index < -0.39 is 11.8 Å². The molecular weight excluding hydrogens is 283 g/mol. The summed E-state index contributed by atoms with van der Waals surface area (Å²) in [7, 11) is 0. The molecule has 0 aliphatic rings. The maximum Gasteiger partial charge on any atom is 0.340 e. The van der Waals surface area contributed by atoms with E-state index in [9.17, 15) is 9.18 Å². The molecule has 0 atom stereocenters. The van der Waals surface area contributed by atoms with Gasteiger partial charge in [0.2, 0.25) is 0 Å². The van der Waals surface area contributed by atoms with Crippen LogP contribution in [0, 0.1) is 12.7 Å². The maximum absolute atomic E-state index is 13.1. The summed E-state index contributed by atoms with van der Waals surface area (Å²) in [6.45, 7) is 1.55. The fourth-order valence-corrected chi connectivity index (χ4v) is 1.80. The monoisotopic (exact) mass is 294 g/mol. The molecule has 0 aliphatic heterocycles. The number of rotatable bonds is 3. The fraction of sp³-hybridized carbons (Fsp3) is 0.143. The van der Waals surface area contributed by atoms with Crippen LogP contribution in [0.3, 0.4) is 0 Å². The van der Waals surface area contributed by atoms with Crippen molar-refractivity contribution in [2.75, 3.05) is 5.73 Å². The van der Waals surface area contributed by atoms with Gasteiger partial charge in [0.25, 0.3) is 0 Å². The Morgan fingerprint density at radius 2 is 2.20 bits per heavy atom. The summed E-state index contributed by atoms with van der Waals surface area (Å²) < 4.78 is 18.2. The maximum atomic E-state index is 13.1. The highest BCUT2D eigenvalue weighted by atomic mass is 35.5. The number of hydrogen-bond acceptors (Lipinski definition) is 4. The van der Waals surface area contributed by atoms with E-state index >= 15 is 0 Å². The first-order valence-corrected chi connectivity index (χ1v) is 6.18. The van der Waals surface area contributed by atoms with Crippen molar-refractivity contribution >= 4 is 23.3 Å². The van der Waals surface area contributed by atoms with Gasteiger partial charge in [-0.3, -0.25) is 4.98 Å². The van der Waals surface area contributed by atoms with E-state index in [-0.39, 0.29) is 12.2 Å². The Bertz CT molecular complexity index is 662. The van der Waals surface area contributed by atoms with Gasteiger partial charge in [0.1, 0.15) is 12.4 Å². The number of carbonyl (C=O) groups excluding carboxylic acids is 1. The first kappa shape index (κ1) is 14.3. The second-order valence-corrected chi connectivity index (χ2v) is 4.62. The number of aryl methyl sites for hydroxylation is 1. The van der Waals surface area contributed by atoms with E-state index in [0.717, 1.165) is 0 Å².